The summed E-state index contributed by atoms with van der Waals surface area (Å²) >= 11 is 11.8. The predicted molar refractivity (Wildman–Crippen MR) is 62.1 cm³/mol. The van der Waals surface area contributed by atoms with Crippen LogP contribution in [0, 0.1) is 11.3 Å². The number of hydrogen-bond donors (Lipinski definition) is 0. The number of esters is 1. The highest BCUT2D eigenvalue weighted by molar-refractivity contribution is 6.37. The Hall–Kier alpha value is -1.50. The van der Waals surface area contributed by atoms with E-state index in [0.717, 1.165) is 0 Å². The summed E-state index contributed by atoms with van der Waals surface area (Å²) in [5.41, 5.74) is 0.269. The van der Waals surface area contributed by atoms with Crippen LogP contribution >= 0.6 is 23.2 Å². The van der Waals surface area contributed by atoms with Gasteiger partial charge in [0.25, 0.3) is 0 Å². The van der Waals surface area contributed by atoms with E-state index in [-0.39, 0.29) is 5.57 Å². The number of halogens is 2. The Kier molecular flexibility index (Phi) is 4.36. The van der Waals surface area contributed by atoms with Gasteiger partial charge in [-0.25, -0.2) is 4.79 Å². The molecule has 5 heteroatoms. The molecular formula is C11H7Cl2NO2. The molecule has 1 aromatic rings. The Morgan fingerprint density at radius 2 is 2.00 bits per heavy atom. The summed E-state index contributed by atoms with van der Waals surface area (Å²) in [5, 5.41) is 9.50. The van der Waals surface area contributed by atoms with Crippen molar-refractivity contribution in [2.75, 3.05) is 7.11 Å². The summed E-state index contributed by atoms with van der Waals surface area (Å²) in [7, 11) is 1.20. The monoisotopic (exact) mass is 255 g/mol. The Labute approximate surface area is 103 Å². The number of methoxy groups -OCH3 is 1. The Morgan fingerprint density at radius 3 is 2.44 bits per heavy atom. The number of nitrogens with zero attached hydrogens (tertiary/aromatic N) is 1. The fourth-order valence-corrected chi connectivity index (χ4v) is 1.55. The van der Waals surface area contributed by atoms with Gasteiger partial charge in [-0.2, -0.15) is 5.26 Å². The quantitative estimate of drug-likeness (QED) is 0.464. The molecule has 1 rings (SSSR count). The molecule has 82 valence electrons. The van der Waals surface area contributed by atoms with Gasteiger partial charge in [0.15, 0.2) is 0 Å². The second-order valence-corrected chi connectivity index (χ2v) is 3.61. The van der Waals surface area contributed by atoms with E-state index >= 15 is 0 Å². The van der Waals surface area contributed by atoms with Crippen LogP contribution in [0.25, 0.3) is 6.08 Å². The fraction of sp³-hybridized carbons (Fsp3) is 0.0909. The third-order valence-corrected chi connectivity index (χ3v) is 2.47. The maximum absolute atomic E-state index is 11.2. The van der Waals surface area contributed by atoms with Crippen molar-refractivity contribution in [3.8, 4) is 6.07 Å². The first-order valence-electron chi connectivity index (χ1n) is 4.24. The van der Waals surface area contributed by atoms with E-state index in [0.29, 0.717) is 15.6 Å². The second-order valence-electron chi connectivity index (χ2n) is 2.80. The van der Waals surface area contributed by atoms with Gasteiger partial charge in [0.2, 0.25) is 0 Å². The second kappa shape index (κ2) is 5.55. The molecule has 0 unspecified atom stereocenters. The highest BCUT2D eigenvalue weighted by atomic mass is 35.5. The lowest BCUT2D eigenvalue weighted by Gasteiger charge is -2.02. The Bertz CT molecular complexity index is 469. The Balaban J connectivity index is 3.25. The largest absolute Gasteiger partial charge is 0.465 e. The molecule has 0 aromatic heterocycles. The molecule has 16 heavy (non-hydrogen) atoms. The summed E-state index contributed by atoms with van der Waals surface area (Å²) in [6.07, 6.45) is 1.30. The molecule has 0 saturated heterocycles. The van der Waals surface area contributed by atoms with Crippen LogP contribution in [-0.4, -0.2) is 13.1 Å². The van der Waals surface area contributed by atoms with E-state index in [2.05, 4.69) is 4.74 Å². The molecular weight excluding hydrogens is 249 g/mol. The molecule has 0 radical (unpaired) electrons. The molecule has 0 amide bonds. The summed E-state index contributed by atoms with van der Waals surface area (Å²) in [6.45, 7) is 0. The van der Waals surface area contributed by atoms with Crippen molar-refractivity contribution < 1.29 is 9.53 Å². The van der Waals surface area contributed by atoms with E-state index in [9.17, 15) is 4.79 Å². The summed E-state index contributed by atoms with van der Waals surface area (Å²) in [5.74, 6) is -0.724. The minimum absolute atomic E-state index is 0.155. The molecule has 1 aromatic carbocycles. The van der Waals surface area contributed by atoms with Crippen LogP contribution in [0.3, 0.4) is 0 Å². The van der Waals surface area contributed by atoms with Crippen LogP contribution in [-0.2, 0) is 9.53 Å². The van der Waals surface area contributed by atoms with E-state index in [1.54, 1.807) is 24.3 Å². The lowest BCUT2D eigenvalue weighted by atomic mass is 10.1. The van der Waals surface area contributed by atoms with Crippen molar-refractivity contribution >= 4 is 35.2 Å². The van der Waals surface area contributed by atoms with Crippen molar-refractivity contribution in [2.24, 2.45) is 0 Å². The zero-order valence-electron chi connectivity index (χ0n) is 8.33. The molecule has 0 fully saturated rings. The van der Waals surface area contributed by atoms with Gasteiger partial charge in [0, 0.05) is 15.6 Å². The van der Waals surface area contributed by atoms with Gasteiger partial charge >= 0.3 is 5.97 Å². The average Bonchev–Trinajstić information content (AvgIpc) is 2.28. The van der Waals surface area contributed by atoms with Crippen molar-refractivity contribution in [3.63, 3.8) is 0 Å². The minimum Gasteiger partial charge on any atom is -0.465 e. The Morgan fingerprint density at radius 1 is 1.44 bits per heavy atom. The highest BCUT2D eigenvalue weighted by Crippen LogP contribution is 2.26. The van der Waals surface area contributed by atoms with Crippen LogP contribution in [0.15, 0.2) is 23.8 Å². The molecule has 0 aliphatic heterocycles. The van der Waals surface area contributed by atoms with Crippen LogP contribution < -0.4 is 0 Å². The fourth-order valence-electron chi connectivity index (χ4n) is 1.04. The standard InChI is InChI=1S/C11H7Cl2NO2/c1-16-11(15)7(6-14)5-8-9(12)3-2-4-10(8)13/h2-5H,1H3. The first-order chi connectivity index (χ1) is 7.60. The number of carbonyl (C=O) groups is 1. The van der Waals surface area contributed by atoms with Gasteiger partial charge in [-0.15, -0.1) is 0 Å². The lowest BCUT2D eigenvalue weighted by Crippen LogP contribution is -2.02. The third-order valence-electron chi connectivity index (χ3n) is 1.81. The van der Waals surface area contributed by atoms with Crippen molar-refractivity contribution in [2.45, 2.75) is 0 Å². The molecule has 3 nitrogen and oxygen atoms in total. The first-order valence-corrected chi connectivity index (χ1v) is 5.00. The smallest absolute Gasteiger partial charge is 0.348 e. The van der Waals surface area contributed by atoms with Crippen molar-refractivity contribution in [1.29, 1.82) is 5.26 Å². The third kappa shape index (κ3) is 2.75. The van der Waals surface area contributed by atoms with Crippen LogP contribution in [0.5, 0.6) is 0 Å². The van der Waals surface area contributed by atoms with Crippen LogP contribution in [0.1, 0.15) is 5.56 Å². The van der Waals surface area contributed by atoms with Gasteiger partial charge in [0.05, 0.1) is 7.11 Å². The van der Waals surface area contributed by atoms with Crippen molar-refractivity contribution in [1.82, 2.24) is 0 Å². The van der Waals surface area contributed by atoms with Gasteiger partial charge in [0.1, 0.15) is 11.6 Å². The summed E-state index contributed by atoms with van der Waals surface area (Å²) < 4.78 is 4.44. The molecule has 0 saturated carbocycles. The SMILES string of the molecule is COC(=O)C(C#N)=Cc1c(Cl)cccc1Cl. The molecule has 0 bridgehead atoms. The summed E-state index contributed by atoms with van der Waals surface area (Å²) in [4.78, 5) is 11.2. The van der Waals surface area contributed by atoms with E-state index < -0.39 is 5.97 Å². The molecule has 0 spiro atoms. The maximum Gasteiger partial charge on any atom is 0.348 e. The number of benzene rings is 1. The lowest BCUT2D eigenvalue weighted by molar-refractivity contribution is -0.135. The predicted octanol–water partition coefficient (Wildman–Crippen LogP) is 3.07. The molecule has 0 aliphatic carbocycles. The zero-order valence-corrected chi connectivity index (χ0v) is 9.84. The van der Waals surface area contributed by atoms with Crippen LogP contribution in [0.2, 0.25) is 10.0 Å². The normalized spacial score (nSPS) is 10.8. The number of nitriles is 1. The van der Waals surface area contributed by atoms with E-state index in [4.69, 9.17) is 28.5 Å². The molecule has 0 aliphatic rings. The molecule has 0 heterocycles. The van der Waals surface area contributed by atoms with Gasteiger partial charge < -0.3 is 4.74 Å². The zero-order chi connectivity index (χ0) is 12.1. The average molecular weight is 256 g/mol. The number of hydrogen-bond acceptors (Lipinski definition) is 3. The minimum atomic E-state index is -0.724. The van der Waals surface area contributed by atoms with E-state index in [1.165, 1.54) is 13.2 Å². The van der Waals surface area contributed by atoms with Crippen LogP contribution in [0.4, 0.5) is 0 Å². The summed E-state index contributed by atoms with van der Waals surface area (Å²) in [6, 6.07) is 6.63. The van der Waals surface area contributed by atoms with Gasteiger partial charge in [-0.3, -0.25) is 0 Å². The maximum atomic E-state index is 11.2. The number of ether oxygens (including phenoxy) is 1. The van der Waals surface area contributed by atoms with Gasteiger partial charge in [-0.05, 0) is 18.2 Å². The van der Waals surface area contributed by atoms with Crippen molar-refractivity contribution in [3.05, 3.63) is 39.4 Å². The number of carbonyl (C=O) groups excluding carboxylic acids is 1. The topological polar surface area (TPSA) is 50.1 Å². The molecule has 0 N–H and O–H groups in total. The van der Waals surface area contributed by atoms with Gasteiger partial charge in [-0.1, -0.05) is 29.3 Å². The number of rotatable bonds is 2. The first kappa shape index (κ1) is 12.6. The van der Waals surface area contributed by atoms with E-state index in [1.807, 2.05) is 0 Å². The highest BCUT2D eigenvalue weighted by Gasteiger charge is 2.11. The molecule has 0 atom stereocenters.